The molecule has 0 aliphatic carbocycles. The van der Waals surface area contributed by atoms with Gasteiger partial charge in [0.2, 0.25) is 5.91 Å². The Labute approximate surface area is 217 Å². The first kappa shape index (κ1) is 26.5. The van der Waals surface area contributed by atoms with Crippen molar-refractivity contribution >= 4 is 39.2 Å². The van der Waals surface area contributed by atoms with E-state index in [4.69, 9.17) is 8.92 Å². The number of Topliss-reactive ketones (excluding diaryl/α,β-unsaturated/α-hetero) is 1. The Morgan fingerprint density at radius 1 is 1.05 bits per heavy atom. The number of ketones is 1. The number of non-ortho nitro benzene ring substituents is 1. The highest BCUT2D eigenvalue weighted by molar-refractivity contribution is 7.87. The molecule has 11 nitrogen and oxygen atoms in total. The van der Waals surface area contributed by atoms with E-state index < -0.39 is 45.2 Å². The molecule has 1 saturated heterocycles. The molecule has 0 spiro atoms. The molecule has 0 N–H and O–H groups in total. The lowest BCUT2D eigenvalue weighted by Crippen LogP contribution is -2.27. The molecule has 3 aromatic rings. The Kier molecular flexibility index (Phi) is 7.53. The van der Waals surface area contributed by atoms with Crippen molar-refractivity contribution in [2.45, 2.75) is 18.2 Å². The zero-order chi connectivity index (χ0) is 27.4. The quantitative estimate of drug-likeness (QED) is 0.131. The van der Waals surface area contributed by atoms with Gasteiger partial charge in [-0.2, -0.15) is 8.42 Å². The summed E-state index contributed by atoms with van der Waals surface area (Å²) in [5, 5.41) is 11.0. The van der Waals surface area contributed by atoms with Gasteiger partial charge in [0.25, 0.3) is 5.69 Å². The Bertz CT molecular complexity index is 1500. The second-order valence-corrected chi connectivity index (χ2v) is 10.1. The van der Waals surface area contributed by atoms with Gasteiger partial charge in [0.1, 0.15) is 10.6 Å². The average molecular weight is 539 g/mol. The summed E-state index contributed by atoms with van der Waals surface area (Å²) in [4.78, 5) is 49.1. The van der Waals surface area contributed by atoms with Crippen molar-refractivity contribution in [3.05, 3.63) is 94.0 Å². The smallest absolute Gasteiger partial charge is 0.339 e. The van der Waals surface area contributed by atoms with Gasteiger partial charge in [-0.1, -0.05) is 23.8 Å². The van der Waals surface area contributed by atoms with Gasteiger partial charge >= 0.3 is 16.1 Å². The molecule has 38 heavy (non-hydrogen) atoms. The number of amides is 1. The van der Waals surface area contributed by atoms with Crippen LogP contribution in [0.5, 0.6) is 5.75 Å². The number of hydrogen-bond acceptors (Lipinski definition) is 9. The van der Waals surface area contributed by atoms with Crippen molar-refractivity contribution < 1.29 is 36.6 Å². The Balaban J connectivity index is 1.32. The first-order chi connectivity index (χ1) is 18.0. The fourth-order valence-corrected chi connectivity index (χ4v) is 4.73. The summed E-state index contributed by atoms with van der Waals surface area (Å²) >= 11 is 0. The number of anilines is 1. The van der Waals surface area contributed by atoms with E-state index in [2.05, 4.69) is 0 Å². The van der Waals surface area contributed by atoms with Crippen molar-refractivity contribution in [3.8, 4) is 5.75 Å². The van der Waals surface area contributed by atoms with E-state index in [0.29, 0.717) is 5.69 Å². The number of nitro groups is 1. The number of nitro benzene ring substituents is 1. The maximum Gasteiger partial charge on any atom is 0.339 e. The highest BCUT2D eigenvalue weighted by Gasteiger charge is 2.36. The van der Waals surface area contributed by atoms with E-state index in [9.17, 15) is 32.9 Å². The molecule has 3 aromatic carbocycles. The van der Waals surface area contributed by atoms with Gasteiger partial charge in [-0.05, 0) is 49.4 Å². The molecular weight excluding hydrogens is 516 g/mol. The molecule has 12 heteroatoms. The molecule has 1 amide bonds. The molecule has 0 radical (unpaired) electrons. The van der Waals surface area contributed by atoms with Crippen molar-refractivity contribution in [1.29, 1.82) is 0 Å². The summed E-state index contributed by atoms with van der Waals surface area (Å²) in [5.74, 6) is -2.51. The van der Waals surface area contributed by atoms with Crippen LogP contribution in [0.1, 0.15) is 22.3 Å². The van der Waals surface area contributed by atoms with Crippen molar-refractivity contribution in [1.82, 2.24) is 0 Å². The fraction of sp³-hybridized carbons (Fsp3) is 0.192. The van der Waals surface area contributed by atoms with E-state index >= 15 is 0 Å². The number of aryl methyl sites for hydroxylation is 1. The van der Waals surface area contributed by atoms with E-state index in [0.717, 1.165) is 5.56 Å². The molecule has 196 valence electrons. The number of ether oxygens (including phenoxy) is 1. The number of benzene rings is 3. The van der Waals surface area contributed by atoms with E-state index in [-0.39, 0.29) is 34.9 Å². The Morgan fingerprint density at radius 3 is 2.39 bits per heavy atom. The highest BCUT2D eigenvalue weighted by Crippen LogP contribution is 2.28. The maximum atomic E-state index is 12.5. The molecular formula is C26H22N2O9S. The zero-order valence-corrected chi connectivity index (χ0v) is 20.9. The lowest BCUT2D eigenvalue weighted by Gasteiger charge is -2.16. The van der Waals surface area contributed by atoms with Crippen molar-refractivity contribution in [2.24, 2.45) is 5.92 Å². The SMILES string of the molecule is Cc1ccc(S(=O)(=O)Oc2ccc(C(=O)COC(=O)[C@H]3CC(=O)N(c4cccc([N+](=O)[O-])c4)C3)cc2)cc1. The lowest BCUT2D eigenvalue weighted by atomic mass is 10.1. The molecule has 1 heterocycles. The van der Waals surface area contributed by atoms with Crippen LogP contribution in [0.25, 0.3) is 0 Å². The number of rotatable bonds is 9. The predicted molar refractivity (Wildman–Crippen MR) is 134 cm³/mol. The van der Waals surface area contributed by atoms with Gasteiger partial charge in [0.15, 0.2) is 12.4 Å². The van der Waals surface area contributed by atoms with Crippen LogP contribution in [-0.2, 0) is 24.4 Å². The van der Waals surface area contributed by atoms with Crippen molar-refractivity contribution in [3.63, 3.8) is 0 Å². The highest BCUT2D eigenvalue weighted by atomic mass is 32.2. The van der Waals surface area contributed by atoms with E-state index in [1.54, 1.807) is 12.1 Å². The van der Waals surface area contributed by atoms with E-state index in [1.807, 2.05) is 6.92 Å². The molecule has 0 saturated carbocycles. The largest absolute Gasteiger partial charge is 0.457 e. The summed E-state index contributed by atoms with van der Waals surface area (Å²) in [5.41, 5.74) is 1.17. The van der Waals surface area contributed by atoms with Crippen molar-refractivity contribution in [2.75, 3.05) is 18.1 Å². The number of hydrogen-bond donors (Lipinski definition) is 0. The third-order valence-corrected chi connectivity index (χ3v) is 7.11. The third kappa shape index (κ3) is 6.03. The molecule has 1 aliphatic rings. The summed E-state index contributed by atoms with van der Waals surface area (Å²) in [6.07, 6.45) is -0.156. The van der Waals surface area contributed by atoms with Gasteiger partial charge in [-0.25, -0.2) is 0 Å². The average Bonchev–Trinajstić information content (AvgIpc) is 3.29. The Hall–Kier alpha value is -4.58. The minimum atomic E-state index is -4.05. The van der Waals surface area contributed by atoms with E-state index in [1.165, 1.54) is 65.6 Å². The zero-order valence-electron chi connectivity index (χ0n) is 20.1. The number of esters is 1. The fourth-order valence-electron chi connectivity index (χ4n) is 3.80. The summed E-state index contributed by atoms with van der Waals surface area (Å²) < 4.78 is 35.0. The van der Waals surface area contributed by atoms with Gasteiger partial charge in [-0.3, -0.25) is 24.5 Å². The van der Waals surface area contributed by atoms with Crippen LogP contribution in [0.15, 0.2) is 77.7 Å². The third-order valence-electron chi connectivity index (χ3n) is 5.85. The molecule has 1 atom stereocenters. The van der Waals surface area contributed by atoms with Gasteiger partial charge in [-0.15, -0.1) is 0 Å². The number of nitrogens with zero attached hydrogens (tertiary/aromatic N) is 2. The number of carbonyl (C=O) groups is 3. The summed E-state index contributed by atoms with van der Waals surface area (Å²) in [6, 6.07) is 17.0. The first-order valence-electron chi connectivity index (χ1n) is 11.4. The molecule has 0 aromatic heterocycles. The van der Waals surface area contributed by atoms with Crippen LogP contribution in [-0.4, -0.2) is 44.2 Å². The molecule has 0 unspecified atom stereocenters. The lowest BCUT2D eigenvalue weighted by molar-refractivity contribution is -0.384. The minimum absolute atomic E-state index is 0.00447. The Morgan fingerprint density at radius 2 is 1.74 bits per heavy atom. The van der Waals surface area contributed by atoms with Crippen LogP contribution in [0.2, 0.25) is 0 Å². The molecule has 4 rings (SSSR count). The van der Waals surface area contributed by atoms with Crippen LogP contribution in [0, 0.1) is 23.0 Å². The van der Waals surface area contributed by atoms with Gasteiger partial charge in [0.05, 0.1) is 16.5 Å². The molecule has 0 bridgehead atoms. The standard InChI is InChI=1S/C26H22N2O9S/c1-17-5-11-23(12-6-17)38(34,35)37-22-9-7-18(8-10-22)24(29)16-36-26(31)19-13-25(30)27(15-19)20-3-2-4-21(14-20)28(32)33/h2-12,14,19H,13,15-16H2,1H3/t19-/m0/s1. The molecule has 1 aliphatic heterocycles. The summed E-state index contributed by atoms with van der Waals surface area (Å²) in [6.45, 7) is 1.21. The van der Waals surface area contributed by atoms with Gasteiger partial charge in [0, 0.05) is 30.7 Å². The van der Waals surface area contributed by atoms with Crippen LogP contribution < -0.4 is 9.08 Å². The number of carbonyl (C=O) groups excluding carboxylic acids is 3. The molecule has 1 fully saturated rings. The maximum absolute atomic E-state index is 12.5. The second kappa shape index (κ2) is 10.8. The summed E-state index contributed by atoms with van der Waals surface area (Å²) in [7, 11) is -4.05. The first-order valence-corrected chi connectivity index (χ1v) is 12.8. The van der Waals surface area contributed by atoms with Crippen LogP contribution >= 0.6 is 0 Å². The van der Waals surface area contributed by atoms with Crippen LogP contribution in [0.4, 0.5) is 11.4 Å². The normalized spacial score (nSPS) is 15.2. The van der Waals surface area contributed by atoms with Crippen LogP contribution in [0.3, 0.4) is 0 Å². The topological polar surface area (TPSA) is 150 Å². The second-order valence-electron chi connectivity index (χ2n) is 8.59. The minimum Gasteiger partial charge on any atom is -0.457 e. The predicted octanol–water partition coefficient (Wildman–Crippen LogP) is 3.45. The monoisotopic (exact) mass is 538 g/mol. The van der Waals surface area contributed by atoms with Gasteiger partial charge < -0.3 is 13.8 Å².